The Morgan fingerprint density at radius 1 is 1.00 bits per heavy atom. The van der Waals surface area contributed by atoms with Crippen LogP contribution < -0.4 is 15.4 Å². The number of ether oxygens (including phenoxy) is 1. The fourth-order valence-electron chi connectivity index (χ4n) is 3.66. The molecule has 1 saturated carbocycles. The van der Waals surface area contributed by atoms with E-state index < -0.39 is 5.25 Å². The quantitative estimate of drug-likeness (QED) is 0.244. The molecule has 2 N–H and O–H groups in total. The second-order valence-electron chi connectivity index (χ2n) is 8.46. The third kappa shape index (κ3) is 5.95. The third-order valence-electron chi connectivity index (χ3n) is 5.76. The molecule has 0 spiro atoms. The highest BCUT2D eigenvalue weighted by molar-refractivity contribution is 8.00. The molecule has 1 atom stereocenters. The van der Waals surface area contributed by atoms with E-state index in [1.54, 1.807) is 7.11 Å². The van der Waals surface area contributed by atoms with Crippen LogP contribution in [0.15, 0.2) is 89.1 Å². The fourth-order valence-corrected chi connectivity index (χ4v) is 5.41. The monoisotopic (exact) mass is 515 g/mol. The van der Waals surface area contributed by atoms with Gasteiger partial charge in [-0.25, -0.2) is 4.98 Å². The van der Waals surface area contributed by atoms with Gasteiger partial charge >= 0.3 is 0 Å². The molecule has 0 aliphatic heterocycles. The van der Waals surface area contributed by atoms with Crippen LogP contribution >= 0.6 is 23.1 Å². The van der Waals surface area contributed by atoms with Crippen molar-refractivity contribution in [1.29, 1.82) is 0 Å². The fraction of sp³-hybridized carbons (Fsp3) is 0.179. The Labute approximate surface area is 218 Å². The summed E-state index contributed by atoms with van der Waals surface area (Å²) in [4.78, 5) is 31.0. The van der Waals surface area contributed by atoms with Crippen LogP contribution in [0.4, 0.5) is 10.8 Å². The number of nitrogens with one attached hydrogen (secondary N) is 2. The van der Waals surface area contributed by atoms with Gasteiger partial charge in [-0.3, -0.25) is 9.59 Å². The minimum atomic E-state index is -0.470. The van der Waals surface area contributed by atoms with Gasteiger partial charge in [-0.2, -0.15) is 0 Å². The minimum Gasteiger partial charge on any atom is -0.497 e. The molecule has 182 valence electrons. The van der Waals surface area contributed by atoms with Crippen molar-refractivity contribution in [3.63, 3.8) is 0 Å². The van der Waals surface area contributed by atoms with E-state index >= 15 is 0 Å². The molecule has 1 fully saturated rings. The maximum atomic E-state index is 13.4. The zero-order chi connectivity index (χ0) is 24.9. The van der Waals surface area contributed by atoms with Gasteiger partial charge in [0.1, 0.15) is 11.0 Å². The topological polar surface area (TPSA) is 80.3 Å². The van der Waals surface area contributed by atoms with Gasteiger partial charge in [-0.05, 0) is 54.8 Å². The predicted molar refractivity (Wildman–Crippen MR) is 146 cm³/mol. The molecule has 1 heterocycles. The van der Waals surface area contributed by atoms with Crippen molar-refractivity contribution in [3.8, 4) is 17.0 Å². The Balaban J connectivity index is 1.30. The summed E-state index contributed by atoms with van der Waals surface area (Å²) in [7, 11) is 1.63. The molecule has 1 unspecified atom stereocenters. The van der Waals surface area contributed by atoms with Gasteiger partial charge in [0.15, 0.2) is 5.13 Å². The number of rotatable bonds is 9. The second kappa shape index (κ2) is 11.0. The third-order valence-corrected chi connectivity index (χ3v) is 7.79. The minimum absolute atomic E-state index is 0.0775. The molecule has 0 bridgehead atoms. The highest BCUT2D eigenvalue weighted by Gasteiger charge is 2.29. The van der Waals surface area contributed by atoms with Crippen molar-refractivity contribution in [3.05, 3.63) is 89.8 Å². The number of benzene rings is 3. The SMILES string of the molecule is COc1cccc(-c2csc(NC(=O)C(Sc3ccc(NC(=O)C4CC4)cc3)c3ccccc3)n2)c1. The van der Waals surface area contributed by atoms with E-state index in [9.17, 15) is 9.59 Å². The summed E-state index contributed by atoms with van der Waals surface area (Å²) in [6.45, 7) is 0. The standard InChI is InChI=1S/C28H25N3O3S2/c1-34-22-9-5-8-20(16-22)24-17-35-28(30-24)31-27(33)25(18-6-3-2-4-7-18)36-23-14-12-21(13-15-23)29-26(32)19-10-11-19/h2-9,12-17,19,25H,10-11H2,1H3,(H,29,32)(H,30,31,33). The normalized spacial score (nSPS) is 13.6. The van der Waals surface area contributed by atoms with Crippen LogP contribution in [0.25, 0.3) is 11.3 Å². The van der Waals surface area contributed by atoms with E-state index in [0.717, 1.165) is 46.0 Å². The van der Waals surface area contributed by atoms with E-state index in [4.69, 9.17) is 4.74 Å². The number of thiazole rings is 1. The molecule has 36 heavy (non-hydrogen) atoms. The van der Waals surface area contributed by atoms with Crippen LogP contribution in [0.5, 0.6) is 5.75 Å². The summed E-state index contributed by atoms with van der Waals surface area (Å²) in [6, 6.07) is 25.0. The number of aromatic nitrogens is 1. The summed E-state index contributed by atoms with van der Waals surface area (Å²) < 4.78 is 5.31. The smallest absolute Gasteiger partial charge is 0.244 e. The predicted octanol–water partition coefficient (Wildman–Crippen LogP) is 6.64. The largest absolute Gasteiger partial charge is 0.497 e. The molecule has 0 radical (unpaired) electrons. The summed E-state index contributed by atoms with van der Waals surface area (Å²) in [5.41, 5.74) is 3.37. The molecule has 3 aromatic carbocycles. The number of thioether (sulfide) groups is 1. The van der Waals surface area contributed by atoms with Crippen molar-refractivity contribution in [2.45, 2.75) is 23.0 Å². The van der Waals surface area contributed by atoms with E-state index in [0.29, 0.717) is 5.13 Å². The van der Waals surface area contributed by atoms with Crippen molar-refractivity contribution in [2.24, 2.45) is 5.92 Å². The van der Waals surface area contributed by atoms with Gasteiger partial charge in [0.25, 0.3) is 0 Å². The number of anilines is 2. The van der Waals surface area contributed by atoms with Gasteiger partial charge in [0, 0.05) is 27.4 Å². The first-order valence-electron chi connectivity index (χ1n) is 11.6. The second-order valence-corrected chi connectivity index (χ2v) is 10.5. The number of nitrogens with zero attached hydrogens (tertiary/aromatic N) is 1. The summed E-state index contributed by atoms with van der Waals surface area (Å²) in [5, 5.41) is 7.94. The van der Waals surface area contributed by atoms with Crippen molar-refractivity contribution < 1.29 is 14.3 Å². The average Bonchev–Trinajstić information content (AvgIpc) is 3.67. The lowest BCUT2D eigenvalue weighted by molar-refractivity contribution is -0.117. The number of amides is 2. The van der Waals surface area contributed by atoms with Gasteiger partial charge in [-0.1, -0.05) is 42.5 Å². The van der Waals surface area contributed by atoms with Gasteiger partial charge in [0.2, 0.25) is 11.8 Å². The first-order valence-corrected chi connectivity index (χ1v) is 13.4. The average molecular weight is 516 g/mol. The van der Waals surface area contributed by atoms with Crippen LogP contribution in [0.1, 0.15) is 23.7 Å². The Kier molecular flexibility index (Phi) is 7.34. The highest BCUT2D eigenvalue weighted by atomic mass is 32.2. The molecule has 4 aromatic rings. The van der Waals surface area contributed by atoms with Crippen LogP contribution in [0.3, 0.4) is 0 Å². The van der Waals surface area contributed by atoms with E-state index in [1.165, 1.54) is 23.1 Å². The summed E-state index contributed by atoms with van der Waals surface area (Å²) in [5.74, 6) is 0.836. The molecule has 8 heteroatoms. The molecule has 5 rings (SSSR count). The van der Waals surface area contributed by atoms with Crippen molar-refractivity contribution in [2.75, 3.05) is 17.7 Å². The molecule has 0 saturated heterocycles. The Morgan fingerprint density at radius 3 is 2.50 bits per heavy atom. The Morgan fingerprint density at radius 2 is 1.78 bits per heavy atom. The zero-order valence-corrected chi connectivity index (χ0v) is 21.3. The van der Waals surface area contributed by atoms with E-state index in [1.807, 2.05) is 84.2 Å². The number of carbonyl (C=O) groups excluding carboxylic acids is 2. The lowest BCUT2D eigenvalue weighted by Gasteiger charge is -2.16. The molecule has 2 amide bonds. The molecule has 1 aliphatic carbocycles. The molecule has 1 aromatic heterocycles. The Bertz CT molecular complexity index is 1350. The number of hydrogen-bond acceptors (Lipinski definition) is 6. The first-order chi connectivity index (χ1) is 17.6. The maximum Gasteiger partial charge on any atom is 0.244 e. The molecular formula is C28H25N3O3S2. The van der Waals surface area contributed by atoms with Crippen molar-refractivity contribution in [1.82, 2.24) is 4.98 Å². The molecular weight excluding hydrogens is 490 g/mol. The summed E-state index contributed by atoms with van der Waals surface area (Å²) >= 11 is 2.85. The molecule has 6 nitrogen and oxygen atoms in total. The number of carbonyl (C=O) groups is 2. The van der Waals surface area contributed by atoms with E-state index in [-0.39, 0.29) is 17.7 Å². The lowest BCUT2D eigenvalue weighted by atomic mass is 10.1. The van der Waals surface area contributed by atoms with Crippen LogP contribution in [-0.4, -0.2) is 23.9 Å². The first kappa shape index (κ1) is 24.1. The Hall–Kier alpha value is -3.62. The lowest BCUT2D eigenvalue weighted by Crippen LogP contribution is -2.19. The molecule has 1 aliphatic rings. The van der Waals surface area contributed by atoms with Gasteiger partial charge in [0.05, 0.1) is 12.8 Å². The van der Waals surface area contributed by atoms with Crippen molar-refractivity contribution >= 4 is 45.7 Å². The zero-order valence-electron chi connectivity index (χ0n) is 19.6. The van der Waals surface area contributed by atoms with Gasteiger partial charge in [-0.15, -0.1) is 23.1 Å². The van der Waals surface area contributed by atoms with Gasteiger partial charge < -0.3 is 15.4 Å². The van der Waals surface area contributed by atoms with E-state index in [2.05, 4.69) is 15.6 Å². The summed E-state index contributed by atoms with van der Waals surface area (Å²) in [6.07, 6.45) is 1.93. The van der Waals surface area contributed by atoms with Crippen LogP contribution in [-0.2, 0) is 9.59 Å². The number of methoxy groups -OCH3 is 1. The maximum absolute atomic E-state index is 13.4. The highest BCUT2D eigenvalue weighted by Crippen LogP contribution is 2.38. The van der Waals surface area contributed by atoms with Crippen LogP contribution in [0, 0.1) is 5.92 Å². The van der Waals surface area contributed by atoms with Crippen LogP contribution in [0.2, 0.25) is 0 Å². The number of hydrogen-bond donors (Lipinski definition) is 2.